The first-order chi connectivity index (χ1) is 13.8. The van der Waals surface area contributed by atoms with Crippen LogP contribution in [0.25, 0.3) is 10.8 Å². The fourth-order valence-corrected chi connectivity index (χ4v) is 5.61. The van der Waals surface area contributed by atoms with Gasteiger partial charge in [0.05, 0.1) is 11.5 Å². The molecule has 6 rings (SSSR count). The van der Waals surface area contributed by atoms with Gasteiger partial charge in [0.1, 0.15) is 5.75 Å². The van der Waals surface area contributed by atoms with Crippen molar-refractivity contribution >= 4 is 27.8 Å². The van der Waals surface area contributed by atoms with Crippen molar-refractivity contribution in [3.05, 3.63) is 81.2 Å². The Labute approximate surface area is 167 Å². The Hall–Kier alpha value is -2.85. The van der Waals surface area contributed by atoms with E-state index in [1.807, 2.05) is 0 Å². The summed E-state index contributed by atoms with van der Waals surface area (Å²) in [4.78, 5) is 6.24. The number of pyridine rings is 1. The van der Waals surface area contributed by atoms with Crippen LogP contribution in [0.4, 0.5) is 5.69 Å². The molecule has 2 N–H and O–H groups in total. The van der Waals surface area contributed by atoms with Crippen molar-refractivity contribution in [3.63, 3.8) is 0 Å². The summed E-state index contributed by atoms with van der Waals surface area (Å²) in [7, 11) is 0. The quantitative estimate of drug-likeness (QED) is 0.383. The molecular weight excluding hydrogens is 364 g/mol. The van der Waals surface area contributed by atoms with Crippen LogP contribution >= 0.6 is 11.3 Å². The van der Waals surface area contributed by atoms with Crippen molar-refractivity contribution in [1.82, 2.24) is 4.98 Å². The molecular formula is C24H20N2OS. The number of ether oxygens (including phenoxy) is 1. The van der Waals surface area contributed by atoms with Gasteiger partial charge in [-0.1, -0.05) is 36.4 Å². The fourth-order valence-electron chi connectivity index (χ4n) is 4.77. The van der Waals surface area contributed by atoms with Crippen LogP contribution in [0.5, 0.6) is 11.6 Å². The van der Waals surface area contributed by atoms with E-state index >= 15 is 0 Å². The van der Waals surface area contributed by atoms with Crippen LogP contribution < -0.4 is 10.5 Å². The van der Waals surface area contributed by atoms with Gasteiger partial charge in [0.15, 0.2) is 0 Å². The van der Waals surface area contributed by atoms with Crippen molar-refractivity contribution < 1.29 is 4.74 Å². The van der Waals surface area contributed by atoms with Gasteiger partial charge < -0.3 is 10.5 Å². The Morgan fingerprint density at radius 1 is 0.964 bits per heavy atom. The third-order valence-electron chi connectivity index (χ3n) is 6.06. The number of anilines is 1. The third-order valence-corrected chi connectivity index (χ3v) is 7.00. The number of hydrogen-bond donors (Lipinski definition) is 1. The Bertz CT molecular complexity index is 1210. The molecule has 1 aliphatic heterocycles. The highest BCUT2D eigenvalue weighted by Crippen LogP contribution is 2.53. The number of aromatic nitrogens is 1. The lowest BCUT2D eigenvalue weighted by Crippen LogP contribution is -2.19. The molecule has 138 valence electrons. The number of nitrogens with zero attached hydrogens (tertiary/aromatic N) is 1. The predicted octanol–water partition coefficient (Wildman–Crippen LogP) is 6.04. The Morgan fingerprint density at radius 3 is 2.75 bits per heavy atom. The van der Waals surface area contributed by atoms with Crippen LogP contribution in [0.2, 0.25) is 0 Å². The summed E-state index contributed by atoms with van der Waals surface area (Å²) in [6.07, 6.45) is 4.36. The summed E-state index contributed by atoms with van der Waals surface area (Å²) in [5, 5.41) is 4.58. The zero-order chi connectivity index (χ0) is 18.7. The molecule has 0 amide bonds. The van der Waals surface area contributed by atoms with Crippen molar-refractivity contribution in [1.29, 1.82) is 0 Å². The number of nitrogens with two attached hydrogens (primary N) is 1. The minimum Gasteiger partial charge on any atom is -0.438 e. The van der Waals surface area contributed by atoms with Gasteiger partial charge in [-0.15, -0.1) is 11.3 Å². The van der Waals surface area contributed by atoms with E-state index in [1.165, 1.54) is 39.6 Å². The molecule has 2 aromatic heterocycles. The first-order valence-electron chi connectivity index (χ1n) is 9.85. The van der Waals surface area contributed by atoms with Gasteiger partial charge >= 0.3 is 0 Å². The second-order valence-electron chi connectivity index (χ2n) is 7.63. The van der Waals surface area contributed by atoms with Crippen molar-refractivity contribution in [3.8, 4) is 11.6 Å². The van der Waals surface area contributed by atoms with E-state index in [1.54, 1.807) is 11.3 Å². The summed E-state index contributed by atoms with van der Waals surface area (Å²) in [6.45, 7) is 0. The van der Waals surface area contributed by atoms with E-state index in [2.05, 4.69) is 53.9 Å². The lowest BCUT2D eigenvalue weighted by Gasteiger charge is -2.31. The molecule has 0 fully saturated rings. The smallest absolute Gasteiger partial charge is 0.225 e. The molecule has 0 spiro atoms. The number of rotatable bonds is 1. The summed E-state index contributed by atoms with van der Waals surface area (Å²) >= 11 is 1.77. The highest BCUT2D eigenvalue weighted by molar-refractivity contribution is 7.10. The van der Waals surface area contributed by atoms with Gasteiger partial charge in [-0.25, -0.2) is 4.98 Å². The molecule has 4 aromatic rings. The number of thiophene rings is 1. The maximum absolute atomic E-state index is 6.81. The second kappa shape index (κ2) is 6.08. The predicted molar refractivity (Wildman–Crippen MR) is 115 cm³/mol. The van der Waals surface area contributed by atoms with Crippen molar-refractivity contribution in [2.75, 3.05) is 5.73 Å². The highest BCUT2D eigenvalue weighted by atomic mass is 32.1. The lowest BCUT2D eigenvalue weighted by atomic mass is 9.82. The number of hydrogen-bond acceptors (Lipinski definition) is 4. The van der Waals surface area contributed by atoms with Crippen LogP contribution in [-0.2, 0) is 12.8 Å². The monoisotopic (exact) mass is 384 g/mol. The Kier molecular flexibility index (Phi) is 3.50. The van der Waals surface area contributed by atoms with E-state index in [-0.39, 0.29) is 5.92 Å². The molecule has 0 radical (unpaired) electrons. The summed E-state index contributed by atoms with van der Waals surface area (Å²) in [5.41, 5.74) is 12.3. The van der Waals surface area contributed by atoms with Crippen LogP contribution in [0.15, 0.2) is 53.9 Å². The summed E-state index contributed by atoms with van der Waals surface area (Å²) in [6, 6.07) is 17.1. The maximum Gasteiger partial charge on any atom is 0.225 e. The molecule has 0 saturated carbocycles. The van der Waals surface area contributed by atoms with Crippen molar-refractivity contribution in [2.24, 2.45) is 0 Å². The minimum atomic E-state index is 0.0598. The molecule has 4 heteroatoms. The first-order valence-corrected chi connectivity index (χ1v) is 10.7. The molecule has 3 heterocycles. The maximum atomic E-state index is 6.81. The standard InChI is InChI=1S/C24H20N2OS/c25-23-16-8-3-4-9-17(16)26-24-22(23)21(19-10-5-13-28-19)20-15-7-2-1-6-14(15)11-12-18(20)27-24/h1-2,5-7,10-13,21H,3-4,8-9H2,(H2,25,26). The molecule has 2 aliphatic rings. The number of fused-ring (bicyclic) bond motifs is 5. The van der Waals surface area contributed by atoms with Gasteiger partial charge in [-0.2, -0.15) is 0 Å². The zero-order valence-corrected chi connectivity index (χ0v) is 16.3. The molecule has 3 nitrogen and oxygen atoms in total. The summed E-state index contributed by atoms with van der Waals surface area (Å²) in [5.74, 6) is 1.65. The first kappa shape index (κ1) is 16.1. The van der Waals surface area contributed by atoms with E-state index in [4.69, 9.17) is 15.5 Å². The number of nitrogen functional groups attached to an aromatic ring is 1. The average Bonchev–Trinajstić information content (AvgIpc) is 3.27. The fraction of sp³-hybridized carbons (Fsp3) is 0.208. The Balaban J connectivity index is 1.70. The van der Waals surface area contributed by atoms with Crippen molar-refractivity contribution in [2.45, 2.75) is 31.6 Å². The van der Waals surface area contributed by atoms with E-state index < -0.39 is 0 Å². The number of aryl methyl sites for hydroxylation is 1. The third kappa shape index (κ3) is 2.24. The van der Waals surface area contributed by atoms with E-state index in [9.17, 15) is 0 Å². The second-order valence-corrected chi connectivity index (χ2v) is 8.60. The normalized spacial score (nSPS) is 17.5. The van der Waals surface area contributed by atoms with Gasteiger partial charge in [-0.3, -0.25) is 0 Å². The number of benzene rings is 2. The molecule has 1 aliphatic carbocycles. The molecule has 0 bridgehead atoms. The van der Waals surface area contributed by atoms with Gasteiger partial charge in [0.2, 0.25) is 5.88 Å². The van der Waals surface area contributed by atoms with Gasteiger partial charge in [0.25, 0.3) is 0 Å². The van der Waals surface area contributed by atoms with Crippen LogP contribution in [0.3, 0.4) is 0 Å². The molecule has 1 atom stereocenters. The largest absolute Gasteiger partial charge is 0.438 e. The highest BCUT2D eigenvalue weighted by Gasteiger charge is 2.35. The SMILES string of the molecule is Nc1c2c(nc3c1C(c1cccs1)c1c(ccc4ccccc14)O3)CCCC2. The molecule has 28 heavy (non-hydrogen) atoms. The molecule has 2 aromatic carbocycles. The minimum absolute atomic E-state index is 0.0598. The van der Waals surface area contributed by atoms with Gasteiger partial charge in [-0.05, 0) is 59.5 Å². The van der Waals surface area contributed by atoms with Crippen LogP contribution in [0, 0.1) is 0 Å². The van der Waals surface area contributed by atoms with E-state index in [0.29, 0.717) is 5.88 Å². The topological polar surface area (TPSA) is 48.1 Å². The molecule has 1 unspecified atom stereocenters. The summed E-state index contributed by atoms with van der Waals surface area (Å²) < 4.78 is 6.37. The Morgan fingerprint density at radius 2 is 1.86 bits per heavy atom. The zero-order valence-electron chi connectivity index (χ0n) is 15.4. The lowest BCUT2D eigenvalue weighted by molar-refractivity contribution is 0.432. The molecule has 0 saturated heterocycles. The van der Waals surface area contributed by atoms with E-state index in [0.717, 1.165) is 35.5 Å². The van der Waals surface area contributed by atoms with Crippen LogP contribution in [-0.4, -0.2) is 4.98 Å². The van der Waals surface area contributed by atoms with Crippen LogP contribution in [0.1, 0.15) is 46.0 Å². The van der Waals surface area contributed by atoms with Gasteiger partial charge in [0, 0.05) is 21.8 Å². The average molecular weight is 385 g/mol.